The summed E-state index contributed by atoms with van der Waals surface area (Å²) in [6.07, 6.45) is 4.18. The lowest BCUT2D eigenvalue weighted by molar-refractivity contribution is 0.318. The van der Waals surface area contributed by atoms with Crippen LogP contribution < -0.4 is 5.32 Å². The van der Waals surface area contributed by atoms with Crippen molar-refractivity contribution in [2.45, 2.75) is 39.2 Å². The van der Waals surface area contributed by atoms with E-state index >= 15 is 0 Å². The predicted octanol–water partition coefficient (Wildman–Crippen LogP) is 2.82. The zero-order chi connectivity index (χ0) is 13.0. The Morgan fingerprint density at radius 1 is 1.39 bits per heavy atom. The predicted molar refractivity (Wildman–Crippen MR) is 68.2 cm³/mol. The fourth-order valence-electron chi connectivity index (χ4n) is 2.10. The molecule has 0 fully saturated rings. The van der Waals surface area contributed by atoms with Gasteiger partial charge in [-0.15, -0.1) is 0 Å². The molecule has 5 heteroatoms. The minimum atomic E-state index is 0.234. The van der Waals surface area contributed by atoms with Crippen LogP contribution in [0.1, 0.15) is 39.0 Å². The van der Waals surface area contributed by atoms with E-state index < -0.39 is 0 Å². The first-order valence-corrected chi connectivity index (χ1v) is 6.35. The van der Waals surface area contributed by atoms with Gasteiger partial charge in [-0.2, -0.15) is 4.98 Å². The molecule has 0 aromatic carbocycles. The van der Waals surface area contributed by atoms with Gasteiger partial charge in [0.2, 0.25) is 11.7 Å². The van der Waals surface area contributed by atoms with Crippen molar-refractivity contribution in [3.8, 4) is 11.4 Å². The minimum Gasteiger partial charge on any atom is -0.472 e. The summed E-state index contributed by atoms with van der Waals surface area (Å²) in [5.74, 6) is 1.50. The van der Waals surface area contributed by atoms with Crippen molar-refractivity contribution in [3.05, 3.63) is 24.5 Å². The summed E-state index contributed by atoms with van der Waals surface area (Å²) in [5, 5.41) is 7.39. The van der Waals surface area contributed by atoms with Crippen molar-refractivity contribution in [2.24, 2.45) is 0 Å². The van der Waals surface area contributed by atoms with Crippen LogP contribution in [0.25, 0.3) is 11.4 Å². The highest BCUT2D eigenvalue weighted by Gasteiger charge is 2.23. The standard InChI is InChI=1S/C13H19N3O2/c1-4-11(9(3)14-5-2)13-15-12(16-18-13)10-6-7-17-8-10/h6-9,11,14H,4-5H2,1-3H3. The van der Waals surface area contributed by atoms with Gasteiger partial charge in [-0.25, -0.2) is 0 Å². The third-order valence-electron chi connectivity index (χ3n) is 3.11. The van der Waals surface area contributed by atoms with Crippen LogP contribution in [0.4, 0.5) is 0 Å². The van der Waals surface area contributed by atoms with Crippen LogP contribution in [-0.4, -0.2) is 22.7 Å². The number of rotatable bonds is 6. The van der Waals surface area contributed by atoms with E-state index in [2.05, 4.69) is 36.2 Å². The maximum atomic E-state index is 5.37. The molecule has 5 nitrogen and oxygen atoms in total. The Labute approximate surface area is 107 Å². The lowest BCUT2D eigenvalue weighted by Gasteiger charge is -2.19. The molecule has 2 aromatic heterocycles. The Bertz CT molecular complexity index is 464. The Morgan fingerprint density at radius 3 is 2.83 bits per heavy atom. The molecule has 0 bridgehead atoms. The molecule has 2 atom stereocenters. The summed E-state index contributed by atoms with van der Waals surface area (Å²) in [4.78, 5) is 4.45. The summed E-state index contributed by atoms with van der Waals surface area (Å²) in [6.45, 7) is 7.29. The molecule has 0 aliphatic carbocycles. The summed E-state index contributed by atoms with van der Waals surface area (Å²) in [5.41, 5.74) is 0.843. The van der Waals surface area contributed by atoms with E-state index in [1.54, 1.807) is 12.5 Å². The van der Waals surface area contributed by atoms with Gasteiger partial charge in [-0.3, -0.25) is 0 Å². The van der Waals surface area contributed by atoms with Gasteiger partial charge < -0.3 is 14.3 Å². The Balaban J connectivity index is 2.17. The zero-order valence-corrected chi connectivity index (χ0v) is 11.0. The number of hydrogen-bond acceptors (Lipinski definition) is 5. The molecule has 0 radical (unpaired) electrons. The number of hydrogen-bond donors (Lipinski definition) is 1. The van der Waals surface area contributed by atoms with Gasteiger partial charge >= 0.3 is 0 Å². The third-order valence-corrected chi connectivity index (χ3v) is 3.11. The molecule has 18 heavy (non-hydrogen) atoms. The average molecular weight is 249 g/mol. The molecule has 0 aliphatic rings. The second-order valence-corrected chi connectivity index (χ2v) is 4.33. The molecule has 1 N–H and O–H groups in total. The first-order chi connectivity index (χ1) is 8.76. The summed E-state index contributed by atoms with van der Waals surface area (Å²) < 4.78 is 10.4. The lowest BCUT2D eigenvalue weighted by Crippen LogP contribution is -2.31. The normalized spacial score (nSPS) is 14.6. The van der Waals surface area contributed by atoms with Gasteiger partial charge in [-0.05, 0) is 26.0 Å². The average Bonchev–Trinajstić information content (AvgIpc) is 3.00. The zero-order valence-electron chi connectivity index (χ0n) is 11.0. The highest BCUT2D eigenvalue weighted by atomic mass is 16.5. The number of nitrogens with one attached hydrogen (secondary N) is 1. The Morgan fingerprint density at radius 2 is 2.22 bits per heavy atom. The van der Waals surface area contributed by atoms with Crippen molar-refractivity contribution in [3.63, 3.8) is 0 Å². The van der Waals surface area contributed by atoms with Crippen LogP contribution in [0, 0.1) is 0 Å². The maximum absolute atomic E-state index is 5.37. The molecule has 0 amide bonds. The minimum absolute atomic E-state index is 0.234. The molecule has 98 valence electrons. The molecule has 0 spiro atoms. The largest absolute Gasteiger partial charge is 0.472 e. The van der Waals surface area contributed by atoms with E-state index in [-0.39, 0.29) is 5.92 Å². The van der Waals surface area contributed by atoms with Gasteiger partial charge in [0.15, 0.2) is 0 Å². The molecular formula is C13H19N3O2. The van der Waals surface area contributed by atoms with Crippen LogP contribution in [-0.2, 0) is 0 Å². The lowest BCUT2D eigenvalue weighted by atomic mass is 9.98. The van der Waals surface area contributed by atoms with Gasteiger partial charge in [0.05, 0.1) is 17.7 Å². The van der Waals surface area contributed by atoms with Gasteiger partial charge in [0.25, 0.3) is 0 Å². The van der Waals surface area contributed by atoms with Crippen molar-refractivity contribution in [2.75, 3.05) is 6.54 Å². The van der Waals surface area contributed by atoms with E-state index in [4.69, 9.17) is 8.94 Å². The smallest absolute Gasteiger partial charge is 0.231 e. The molecular weight excluding hydrogens is 230 g/mol. The van der Waals surface area contributed by atoms with Gasteiger partial charge in [0.1, 0.15) is 6.26 Å². The number of aromatic nitrogens is 2. The monoisotopic (exact) mass is 249 g/mol. The second-order valence-electron chi connectivity index (χ2n) is 4.33. The van der Waals surface area contributed by atoms with E-state index in [1.807, 2.05) is 6.07 Å². The molecule has 2 rings (SSSR count). The Hall–Kier alpha value is -1.62. The van der Waals surface area contributed by atoms with Crippen molar-refractivity contribution in [1.82, 2.24) is 15.5 Å². The Kier molecular flexibility index (Phi) is 4.15. The van der Waals surface area contributed by atoms with E-state index in [1.165, 1.54) is 0 Å². The summed E-state index contributed by atoms with van der Waals surface area (Å²) in [6, 6.07) is 2.14. The van der Waals surface area contributed by atoms with E-state index in [0.29, 0.717) is 17.8 Å². The first kappa shape index (κ1) is 12.8. The number of likely N-dealkylation sites (N-methyl/N-ethyl adjacent to an activating group) is 1. The summed E-state index contributed by atoms with van der Waals surface area (Å²) in [7, 11) is 0. The third kappa shape index (κ3) is 2.61. The van der Waals surface area contributed by atoms with E-state index in [0.717, 1.165) is 18.5 Å². The summed E-state index contributed by atoms with van der Waals surface area (Å²) >= 11 is 0. The molecule has 2 heterocycles. The van der Waals surface area contributed by atoms with Crippen LogP contribution in [0.5, 0.6) is 0 Å². The second kappa shape index (κ2) is 5.82. The van der Waals surface area contributed by atoms with Crippen LogP contribution >= 0.6 is 0 Å². The highest BCUT2D eigenvalue weighted by molar-refractivity contribution is 5.51. The topological polar surface area (TPSA) is 64.1 Å². The quantitative estimate of drug-likeness (QED) is 0.852. The van der Waals surface area contributed by atoms with Crippen molar-refractivity contribution >= 4 is 0 Å². The van der Waals surface area contributed by atoms with Gasteiger partial charge in [-0.1, -0.05) is 19.0 Å². The van der Waals surface area contributed by atoms with Crippen molar-refractivity contribution < 1.29 is 8.94 Å². The fourth-order valence-corrected chi connectivity index (χ4v) is 2.10. The maximum Gasteiger partial charge on any atom is 0.231 e. The highest BCUT2D eigenvalue weighted by Crippen LogP contribution is 2.24. The molecule has 0 aliphatic heterocycles. The molecule has 2 aromatic rings. The molecule has 0 saturated heterocycles. The number of furan rings is 1. The number of nitrogens with zero attached hydrogens (tertiary/aromatic N) is 2. The van der Waals surface area contributed by atoms with Crippen LogP contribution in [0.2, 0.25) is 0 Å². The molecule has 0 saturated carbocycles. The van der Waals surface area contributed by atoms with E-state index in [9.17, 15) is 0 Å². The SMILES string of the molecule is CCNC(C)C(CC)c1nc(-c2ccoc2)no1. The van der Waals surface area contributed by atoms with Gasteiger partial charge in [0, 0.05) is 6.04 Å². The first-order valence-electron chi connectivity index (χ1n) is 6.35. The molecule has 2 unspecified atom stereocenters. The van der Waals surface area contributed by atoms with Crippen LogP contribution in [0.3, 0.4) is 0 Å². The van der Waals surface area contributed by atoms with Crippen LogP contribution in [0.15, 0.2) is 27.5 Å². The fraction of sp³-hybridized carbons (Fsp3) is 0.538. The van der Waals surface area contributed by atoms with Crippen molar-refractivity contribution in [1.29, 1.82) is 0 Å².